The molecular formula is C13H20N2. The number of rotatable bonds is 2. The summed E-state index contributed by atoms with van der Waals surface area (Å²) in [6, 6.07) is 5.08. The average Bonchev–Trinajstić information content (AvgIpc) is 2.66. The zero-order valence-electron chi connectivity index (χ0n) is 9.90. The lowest BCUT2D eigenvalue weighted by Crippen LogP contribution is -2.27. The first-order valence-electron chi connectivity index (χ1n) is 5.83. The fourth-order valence-electron chi connectivity index (χ4n) is 2.35. The van der Waals surface area contributed by atoms with Crippen molar-refractivity contribution in [3.63, 3.8) is 0 Å². The van der Waals surface area contributed by atoms with E-state index in [1.807, 2.05) is 6.20 Å². The molecule has 0 bridgehead atoms. The third-order valence-corrected chi connectivity index (χ3v) is 3.34. The van der Waals surface area contributed by atoms with Crippen LogP contribution in [0.15, 0.2) is 18.3 Å². The molecule has 15 heavy (non-hydrogen) atoms. The Hall–Kier alpha value is -0.890. The molecule has 2 heterocycles. The number of pyridine rings is 1. The van der Waals surface area contributed by atoms with E-state index in [4.69, 9.17) is 0 Å². The summed E-state index contributed by atoms with van der Waals surface area (Å²) in [6.45, 7) is 9.07. The lowest BCUT2D eigenvalue weighted by Gasteiger charge is -2.20. The minimum Gasteiger partial charge on any atom is -0.300 e. The molecule has 82 valence electrons. The normalized spacial score (nSPS) is 22.5. The van der Waals surface area contributed by atoms with Gasteiger partial charge in [-0.1, -0.05) is 0 Å². The van der Waals surface area contributed by atoms with E-state index in [-0.39, 0.29) is 0 Å². The van der Waals surface area contributed by atoms with Crippen molar-refractivity contribution in [3.8, 4) is 0 Å². The summed E-state index contributed by atoms with van der Waals surface area (Å²) in [7, 11) is 0. The van der Waals surface area contributed by atoms with Gasteiger partial charge in [-0.05, 0) is 57.4 Å². The summed E-state index contributed by atoms with van der Waals surface area (Å²) in [4.78, 5) is 6.81. The summed E-state index contributed by atoms with van der Waals surface area (Å²) < 4.78 is 0. The van der Waals surface area contributed by atoms with E-state index in [9.17, 15) is 0 Å². The van der Waals surface area contributed by atoms with Crippen LogP contribution < -0.4 is 0 Å². The first-order valence-corrected chi connectivity index (χ1v) is 5.83. The molecule has 0 aliphatic carbocycles. The molecular weight excluding hydrogens is 184 g/mol. The Bertz CT molecular complexity index is 333. The highest BCUT2D eigenvalue weighted by Crippen LogP contribution is 2.28. The summed E-state index contributed by atoms with van der Waals surface area (Å²) in [5.41, 5.74) is 2.60. The van der Waals surface area contributed by atoms with Crippen LogP contribution in [0.5, 0.6) is 0 Å². The minimum atomic E-state index is 0.679. The van der Waals surface area contributed by atoms with Crippen LogP contribution in [0.1, 0.15) is 37.4 Å². The number of hydrogen-bond donors (Lipinski definition) is 0. The van der Waals surface area contributed by atoms with Crippen molar-refractivity contribution in [1.82, 2.24) is 9.88 Å². The van der Waals surface area contributed by atoms with Crippen LogP contribution in [-0.4, -0.2) is 29.0 Å². The average molecular weight is 204 g/mol. The minimum absolute atomic E-state index is 0.679. The van der Waals surface area contributed by atoms with Gasteiger partial charge in [0.05, 0.1) is 0 Å². The van der Waals surface area contributed by atoms with Gasteiger partial charge in [-0.2, -0.15) is 0 Å². The highest BCUT2D eigenvalue weighted by atomic mass is 15.2. The Morgan fingerprint density at radius 2 is 2.27 bits per heavy atom. The van der Waals surface area contributed by atoms with Gasteiger partial charge in [-0.3, -0.25) is 4.98 Å². The number of nitrogens with zero attached hydrogens (tertiary/aromatic N) is 2. The van der Waals surface area contributed by atoms with E-state index in [0.29, 0.717) is 12.0 Å². The summed E-state index contributed by atoms with van der Waals surface area (Å²) in [5, 5.41) is 0. The second-order valence-electron chi connectivity index (χ2n) is 4.80. The van der Waals surface area contributed by atoms with Crippen molar-refractivity contribution >= 4 is 0 Å². The van der Waals surface area contributed by atoms with Gasteiger partial charge in [0.1, 0.15) is 0 Å². The monoisotopic (exact) mass is 204 g/mol. The molecule has 0 N–H and O–H groups in total. The van der Waals surface area contributed by atoms with Crippen molar-refractivity contribution in [1.29, 1.82) is 0 Å². The van der Waals surface area contributed by atoms with Crippen molar-refractivity contribution in [3.05, 3.63) is 29.6 Å². The van der Waals surface area contributed by atoms with E-state index in [2.05, 4.69) is 42.8 Å². The summed E-state index contributed by atoms with van der Waals surface area (Å²) in [6.07, 6.45) is 3.23. The zero-order valence-corrected chi connectivity index (χ0v) is 9.90. The molecule has 0 spiro atoms. The van der Waals surface area contributed by atoms with Crippen LogP contribution in [0.3, 0.4) is 0 Å². The molecule has 2 nitrogen and oxygen atoms in total. The first-order chi connectivity index (χ1) is 7.16. The van der Waals surface area contributed by atoms with E-state index in [1.165, 1.54) is 25.1 Å². The molecule has 0 aromatic carbocycles. The maximum Gasteiger partial charge on any atom is 0.0375 e. The Kier molecular flexibility index (Phi) is 3.06. The molecule has 0 saturated carbocycles. The third kappa shape index (κ3) is 2.37. The summed E-state index contributed by atoms with van der Waals surface area (Å²) >= 11 is 0. The Morgan fingerprint density at radius 3 is 2.87 bits per heavy atom. The third-order valence-electron chi connectivity index (χ3n) is 3.34. The maximum atomic E-state index is 4.25. The molecule has 1 aromatic heterocycles. The Balaban J connectivity index is 2.08. The van der Waals surface area contributed by atoms with E-state index < -0.39 is 0 Å². The molecule has 1 aromatic rings. The van der Waals surface area contributed by atoms with Gasteiger partial charge < -0.3 is 4.90 Å². The Morgan fingerprint density at radius 1 is 1.47 bits per heavy atom. The van der Waals surface area contributed by atoms with Crippen molar-refractivity contribution in [2.75, 3.05) is 13.1 Å². The second-order valence-corrected chi connectivity index (χ2v) is 4.80. The smallest absolute Gasteiger partial charge is 0.0375 e. The SMILES string of the molecule is Cc1cc(C2CCN(C(C)C)C2)ccn1. The highest BCUT2D eigenvalue weighted by Gasteiger charge is 2.25. The molecule has 2 rings (SSSR count). The zero-order chi connectivity index (χ0) is 10.8. The largest absolute Gasteiger partial charge is 0.300 e. The molecule has 0 amide bonds. The van der Waals surface area contributed by atoms with Crippen molar-refractivity contribution < 1.29 is 0 Å². The molecule has 2 heteroatoms. The first kappa shape index (κ1) is 10.6. The fraction of sp³-hybridized carbons (Fsp3) is 0.615. The molecule has 1 saturated heterocycles. The number of likely N-dealkylation sites (tertiary alicyclic amines) is 1. The van der Waals surface area contributed by atoms with Crippen LogP contribution in [0.4, 0.5) is 0 Å². The number of hydrogen-bond acceptors (Lipinski definition) is 2. The second kappa shape index (κ2) is 4.31. The summed E-state index contributed by atoms with van der Waals surface area (Å²) in [5.74, 6) is 0.717. The van der Waals surface area contributed by atoms with Crippen LogP contribution in [0, 0.1) is 6.92 Å². The molecule has 1 aliphatic heterocycles. The van der Waals surface area contributed by atoms with Gasteiger partial charge in [-0.25, -0.2) is 0 Å². The highest BCUT2D eigenvalue weighted by molar-refractivity contribution is 5.21. The fourth-order valence-corrected chi connectivity index (χ4v) is 2.35. The standard InChI is InChI=1S/C13H20N2/c1-10(2)15-7-5-13(9-15)12-4-6-14-11(3)8-12/h4,6,8,10,13H,5,7,9H2,1-3H3. The van der Waals surface area contributed by atoms with Gasteiger partial charge in [-0.15, -0.1) is 0 Å². The van der Waals surface area contributed by atoms with Crippen LogP contribution in [0.2, 0.25) is 0 Å². The van der Waals surface area contributed by atoms with Crippen molar-refractivity contribution in [2.45, 2.75) is 39.2 Å². The maximum absolute atomic E-state index is 4.25. The van der Waals surface area contributed by atoms with Gasteiger partial charge >= 0.3 is 0 Å². The predicted molar refractivity (Wildman–Crippen MR) is 63.0 cm³/mol. The van der Waals surface area contributed by atoms with E-state index >= 15 is 0 Å². The molecule has 1 fully saturated rings. The lowest BCUT2D eigenvalue weighted by molar-refractivity contribution is 0.272. The van der Waals surface area contributed by atoms with Gasteiger partial charge in [0.2, 0.25) is 0 Å². The molecule has 1 unspecified atom stereocenters. The quantitative estimate of drug-likeness (QED) is 0.736. The molecule has 1 aliphatic rings. The lowest BCUT2D eigenvalue weighted by atomic mass is 9.99. The van der Waals surface area contributed by atoms with Crippen LogP contribution >= 0.6 is 0 Å². The van der Waals surface area contributed by atoms with Gasteiger partial charge in [0, 0.05) is 24.5 Å². The van der Waals surface area contributed by atoms with E-state index in [0.717, 1.165) is 5.69 Å². The van der Waals surface area contributed by atoms with Crippen molar-refractivity contribution in [2.24, 2.45) is 0 Å². The van der Waals surface area contributed by atoms with Gasteiger partial charge in [0.25, 0.3) is 0 Å². The number of aryl methyl sites for hydroxylation is 1. The Labute approximate surface area is 92.3 Å². The van der Waals surface area contributed by atoms with Crippen LogP contribution in [-0.2, 0) is 0 Å². The molecule has 0 radical (unpaired) electrons. The van der Waals surface area contributed by atoms with Crippen LogP contribution in [0.25, 0.3) is 0 Å². The number of aromatic nitrogens is 1. The predicted octanol–water partition coefficient (Wildman–Crippen LogP) is 2.59. The molecule has 1 atom stereocenters. The van der Waals surface area contributed by atoms with Gasteiger partial charge in [0.15, 0.2) is 0 Å². The van der Waals surface area contributed by atoms with E-state index in [1.54, 1.807) is 0 Å². The topological polar surface area (TPSA) is 16.1 Å².